The number of benzene rings is 1. The van der Waals surface area contributed by atoms with Crippen LogP contribution in [0.25, 0.3) is 10.4 Å². The largest absolute Gasteiger partial charge is 0.416 e. The molecule has 0 amide bonds. The molecule has 0 N–H and O–H groups in total. The number of carbonyl (C=O) groups excluding carboxylic acids is 1. The van der Waals surface area contributed by atoms with Crippen LogP contribution in [0.3, 0.4) is 0 Å². The van der Waals surface area contributed by atoms with Gasteiger partial charge in [-0.2, -0.15) is 13.2 Å². The number of thiazole rings is 1. The van der Waals surface area contributed by atoms with Crippen molar-refractivity contribution in [1.82, 2.24) is 4.98 Å². The van der Waals surface area contributed by atoms with Crippen molar-refractivity contribution in [3.8, 4) is 10.4 Å². The number of hydrogen-bond donors (Lipinski definition) is 0. The SMILES string of the molecule is CC(=O)c1nc(C)c(-c2cccc(C(F)(F)F)c2)s1. The molecule has 2 nitrogen and oxygen atoms in total. The molecule has 0 aliphatic carbocycles. The molecule has 0 atom stereocenters. The zero-order valence-corrected chi connectivity index (χ0v) is 11.0. The van der Waals surface area contributed by atoms with Gasteiger partial charge in [0.1, 0.15) is 0 Å². The van der Waals surface area contributed by atoms with E-state index >= 15 is 0 Å². The first-order valence-corrected chi connectivity index (χ1v) is 6.26. The van der Waals surface area contributed by atoms with E-state index in [1.54, 1.807) is 13.0 Å². The Morgan fingerprint density at radius 3 is 2.53 bits per heavy atom. The summed E-state index contributed by atoms with van der Waals surface area (Å²) in [5.41, 5.74) is 0.286. The molecular formula is C13H10F3NOS. The number of aryl methyl sites for hydroxylation is 1. The molecule has 19 heavy (non-hydrogen) atoms. The number of aromatic nitrogens is 1. The smallest absolute Gasteiger partial charge is 0.292 e. The monoisotopic (exact) mass is 285 g/mol. The lowest BCUT2D eigenvalue weighted by molar-refractivity contribution is -0.137. The third-order valence-corrected chi connectivity index (χ3v) is 3.86. The van der Waals surface area contributed by atoms with Gasteiger partial charge in [0, 0.05) is 6.92 Å². The quantitative estimate of drug-likeness (QED) is 0.768. The van der Waals surface area contributed by atoms with Crippen LogP contribution in [0.4, 0.5) is 13.2 Å². The van der Waals surface area contributed by atoms with Gasteiger partial charge in [0.05, 0.1) is 16.1 Å². The highest BCUT2D eigenvalue weighted by atomic mass is 32.1. The third kappa shape index (κ3) is 2.84. The van der Waals surface area contributed by atoms with Gasteiger partial charge >= 0.3 is 6.18 Å². The van der Waals surface area contributed by atoms with E-state index in [1.807, 2.05) is 0 Å². The van der Waals surface area contributed by atoms with Gasteiger partial charge < -0.3 is 0 Å². The van der Waals surface area contributed by atoms with Crippen LogP contribution in [-0.2, 0) is 6.18 Å². The van der Waals surface area contributed by atoms with E-state index < -0.39 is 11.7 Å². The molecule has 0 unspecified atom stereocenters. The first-order valence-electron chi connectivity index (χ1n) is 5.45. The van der Waals surface area contributed by atoms with E-state index in [0.717, 1.165) is 23.5 Å². The molecule has 0 fully saturated rings. The Bertz CT molecular complexity index is 631. The minimum Gasteiger partial charge on any atom is -0.292 e. The fourth-order valence-corrected chi connectivity index (χ4v) is 2.61. The van der Waals surface area contributed by atoms with Crippen LogP contribution < -0.4 is 0 Å². The molecule has 6 heteroatoms. The standard InChI is InChI=1S/C13H10F3NOS/c1-7-11(19-12(17-7)8(2)18)9-4-3-5-10(6-9)13(14,15)16/h3-6H,1-2H3. The number of rotatable bonds is 2. The van der Waals surface area contributed by atoms with Crippen molar-refractivity contribution in [3.63, 3.8) is 0 Å². The minimum atomic E-state index is -4.38. The predicted molar refractivity (Wildman–Crippen MR) is 67.3 cm³/mol. The van der Waals surface area contributed by atoms with Crippen molar-refractivity contribution < 1.29 is 18.0 Å². The molecule has 100 valence electrons. The van der Waals surface area contributed by atoms with E-state index in [4.69, 9.17) is 0 Å². The van der Waals surface area contributed by atoms with Crippen LogP contribution in [0.1, 0.15) is 28.0 Å². The number of carbonyl (C=O) groups is 1. The van der Waals surface area contributed by atoms with Gasteiger partial charge in [-0.3, -0.25) is 4.79 Å². The van der Waals surface area contributed by atoms with Crippen molar-refractivity contribution in [3.05, 3.63) is 40.5 Å². The van der Waals surface area contributed by atoms with Crippen LogP contribution in [0.5, 0.6) is 0 Å². The van der Waals surface area contributed by atoms with Gasteiger partial charge in [0.25, 0.3) is 0 Å². The van der Waals surface area contributed by atoms with Gasteiger partial charge in [-0.15, -0.1) is 11.3 Å². The Labute approximate surface area is 111 Å². The molecule has 0 saturated heterocycles. The molecule has 0 bridgehead atoms. The third-order valence-electron chi connectivity index (χ3n) is 2.55. The molecule has 2 rings (SSSR count). The molecule has 0 saturated carbocycles. The molecule has 0 spiro atoms. The van der Waals surface area contributed by atoms with Crippen molar-refractivity contribution in [1.29, 1.82) is 0 Å². The summed E-state index contributed by atoms with van der Waals surface area (Å²) in [6.07, 6.45) is -4.38. The maximum atomic E-state index is 12.7. The summed E-state index contributed by atoms with van der Waals surface area (Å²) in [4.78, 5) is 15.9. The Hall–Kier alpha value is -1.69. The zero-order valence-electron chi connectivity index (χ0n) is 10.2. The Kier molecular flexibility index (Phi) is 3.45. The topological polar surface area (TPSA) is 30.0 Å². The second kappa shape index (κ2) is 4.77. The number of alkyl halides is 3. The van der Waals surface area contributed by atoms with Gasteiger partial charge in [-0.05, 0) is 24.6 Å². The summed E-state index contributed by atoms with van der Waals surface area (Å²) >= 11 is 1.11. The first-order chi connectivity index (χ1) is 8.79. The molecule has 2 aromatic rings. The van der Waals surface area contributed by atoms with Crippen LogP contribution in [-0.4, -0.2) is 10.8 Å². The highest BCUT2D eigenvalue weighted by Gasteiger charge is 2.30. The zero-order chi connectivity index (χ0) is 14.2. The molecule has 1 heterocycles. The van der Waals surface area contributed by atoms with E-state index in [-0.39, 0.29) is 5.78 Å². The van der Waals surface area contributed by atoms with Gasteiger partial charge in [0.2, 0.25) is 0 Å². The lowest BCUT2D eigenvalue weighted by Crippen LogP contribution is -2.04. The van der Waals surface area contributed by atoms with Crippen LogP contribution in [0, 0.1) is 6.92 Å². The molecule has 0 aliphatic heterocycles. The molecular weight excluding hydrogens is 275 g/mol. The van der Waals surface area contributed by atoms with E-state index in [1.165, 1.54) is 13.0 Å². The van der Waals surface area contributed by atoms with E-state index in [2.05, 4.69) is 4.98 Å². The lowest BCUT2D eigenvalue weighted by atomic mass is 10.1. The summed E-state index contributed by atoms with van der Waals surface area (Å²) in [5.74, 6) is -0.189. The second-order valence-electron chi connectivity index (χ2n) is 4.07. The normalized spacial score (nSPS) is 11.6. The van der Waals surface area contributed by atoms with Crippen molar-refractivity contribution >= 4 is 17.1 Å². The van der Waals surface area contributed by atoms with Crippen molar-refractivity contribution in [2.75, 3.05) is 0 Å². The number of hydrogen-bond acceptors (Lipinski definition) is 3. The summed E-state index contributed by atoms with van der Waals surface area (Å²) in [6.45, 7) is 3.06. The van der Waals surface area contributed by atoms with Gasteiger partial charge in [-0.1, -0.05) is 12.1 Å². The van der Waals surface area contributed by atoms with Crippen LogP contribution >= 0.6 is 11.3 Å². The van der Waals surface area contributed by atoms with Crippen molar-refractivity contribution in [2.24, 2.45) is 0 Å². The average molecular weight is 285 g/mol. The molecule has 0 aliphatic rings. The number of ketones is 1. The average Bonchev–Trinajstić information content (AvgIpc) is 2.71. The Morgan fingerprint density at radius 1 is 1.32 bits per heavy atom. The summed E-state index contributed by atoms with van der Waals surface area (Å²) in [6, 6.07) is 5.03. The summed E-state index contributed by atoms with van der Waals surface area (Å²) < 4.78 is 38.0. The van der Waals surface area contributed by atoms with Crippen LogP contribution in [0.2, 0.25) is 0 Å². The summed E-state index contributed by atoms with van der Waals surface area (Å²) in [5, 5.41) is 0.310. The van der Waals surface area contributed by atoms with Gasteiger partial charge in [-0.25, -0.2) is 4.98 Å². The molecule has 1 aromatic heterocycles. The highest BCUT2D eigenvalue weighted by Crippen LogP contribution is 2.35. The predicted octanol–water partition coefficient (Wildman–Crippen LogP) is 4.34. The number of nitrogens with zero attached hydrogens (tertiary/aromatic N) is 1. The first kappa shape index (κ1) is 13.7. The van der Waals surface area contributed by atoms with Crippen LogP contribution in [0.15, 0.2) is 24.3 Å². The Morgan fingerprint density at radius 2 is 2.00 bits per heavy atom. The van der Waals surface area contributed by atoms with Crippen molar-refractivity contribution in [2.45, 2.75) is 20.0 Å². The lowest BCUT2D eigenvalue weighted by Gasteiger charge is -2.07. The maximum absolute atomic E-state index is 12.7. The number of Topliss-reactive ketones (excluding diaryl/α,β-unsaturated/α-hetero) is 1. The van der Waals surface area contributed by atoms with E-state index in [9.17, 15) is 18.0 Å². The fraction of sp³-hybridized carbons (Fsp3) is 0.231. The van der Waals surface area contributed by atoms with E-state index in [0.29, 0.717) is 21.1 Å². The highest BCUT2D eigenvalue weighted by molar-refractivity contribution is 7.17. The molecule has 0 radical (unpaired) electrons. The minimum absolute atomic E-state index is 0.189. The maximum Gasteiger partial charge on any atom is 0.416 e. The fourth-order valence-electron chi connectivity index (χ4n) is 1.65. The number of halogens is 3. The summed E-state index contributed by atoms with van der Waals surface area (Å²) in [7, 11) is 0. The molecule has 1 aromatic carbocycles. The Balaban J connectivity index is 2.50. The second-order valence-corrected chi connectivity index (χ2v) is 5.07. The van der Waals surface area contributed by atoms with Gasteiger partial charge in [0.15, 0.2) is 10.8 Å².